The molecule has 0 aliphatic rings. The van der Waals surface area contributed by atoms with Gasteiger partial charge in [0.25, 0.3) is 0 Å². The highest BCUT2D eigenvalue weighted by Gasteiger charge is 2.06. The van der Waals surface area contributed by atoms with Crippen LogP contribution in [-0.2, 0) is 6.61 Å². The number of halogens is 2. The Kier molecular flexibility index (Phi) is 4.56. The van der Waals surface area contributed by atoms with E-state index in [1.807, 2.05) is 18.2 Å². The van der Waals surface area contributed by atoms with E-state index in [0.717, 1.165) is 21.5 Å². The minimum atomic E-state index is 0.358. The summed E-state index contributed by atoms with van der Waals surface area (Å²) in [5.74, 6) is 1.49. The lowest BCUT2D eigenvalue weighted by Crippen LogP contribution is -2.00. The first-order valence-corrected chi connectivity index (χ1v) is 6.77. The smallest absolute Gasteiger partial charge is 0.134 e. The van der Waals surface area contributed by atoms with Crippen molar-refractivity contribution in [3.63, 3.8) is 0 Å². The van der Waals surface area contributed by atoms with Crippen LogP contribution in [0, 0.1) is 0 Å². The highest BCUT2D eigenvalue weighted by Crippen LogP contribution is 2.30. The summed E-state index contributed by atoms with van der Waals surface area (Å²) in [5.41, 5.74) is 7.38. The molecule has 0 bridgehead atoms. The van der Waals surface area contributed by atoms with Crippen molar-refractivity contribution in [2.24, 2.45) is 0 Å². The molecular weight excluding hydrogens is 330 g/mol. The zero-order valence-electron chi connectivity index (χ0n) is 10.3. The lowest BCUT2D eigenvalue weighted by molar-refractivity contribution is 0.304. The molecule has 0 atom stereocenters. The van der Waals surface area contributed by atoms with E-state index in [4.69, 9.17) is 26.8 Å². The summed E-state index contributed by atoms with van der Waals surface area (Å²) in [6, 6.07) is 10.8. The van der Waals surface area contributed by atoms with E-state index in [-0.39, 0.29) is 0 Å². The van der Waals surface area contributed by atoms with E-state index < -0.39 is 0 Å². The number of anilines is 1. The average Bonchev–Trinajstić information content (AvgIpc) is 2.40. The minimum Gasteiger partial charge on any atom is -0.497 e. The Hall–Kier alpha value is -1.39. The lowest BCUT2D eigenvalue weighted by atomic mass is 10.2. The zero-order chi connectivity index (χ0) is 13.8. The first kappa shape index (κ1) is 14.0. The summed E-state index contributed by atoms with van der Waals surface area (Å²) in [6.45, 7) is 0.358. The van der Waals surface area contributed by atoms with Gasteiger partial charge in [-0.15, -0.1) is 0 Å². The van der Waals surface area contributed by atoms with Crippen molar-refractivity contribution in [3.05, 3.63) is 51.5 Å². The van der Waals surface area contributed by atoms with Crippen molar-refractivity contribution in [2.75, 3.05) is 12.8 Å². The first-order chi connectivity index (χ1) is 9.10. The Labute approximate surface area is 125 Å². The molecule has 2 aromatic rings. The molecule has 0 spiro atoms. The van der Waals surface area contributed by atoms with Crippen molar-refractivity contribution in [2.45, 2.75) is 6.61 Å². The second kappa shape index (κ2) is 6.17. The largest absolute Gasteiger partial charge is 0.497 e. The molecule has 3 nitrogen and oxygen atoms in total. The number of nitrogens with two attached hydrogens (primary N) is 1. The summed E-state index contributed by atoms with van der Waals surface area (Å²) in [7, 11) is 1.62. The van der Waals surface area contributed by atoms with E-state index in [2.05, 4.69) is 15.9 Å². The Balaban J connectivity index is 2.12. The highest BCUT2D eigenvalue weighted by molar-refractivity contribution is 9.10. The number of ether oxygens (including phenoxy) is 2. The Bertz CT molecular complexity index is 590. The number of rotatable bonds is 4. The summed E-state index contributed by atoms with van der Waals surface area (Å²) in [6.07, 6.45) is 0. The van der Waals surface area contributed by atoms with E-state index in [1.165, 1.54) is 0 Å². The molecule has 19 heavy (non-hydrogen) atoms. The minimum absolute atomic E-state index is 0.358. The Morgan fingerprint density at radius 1 is 1.21 bits per heavy atom. The predicted octanol–water partition coefficient (Wildman–Crippen LogP) is 4.27. The fraction of sp³-hybridized carbons (Fsp3) is 0.143. The van der Waals surface area contributed by atoms with Crippen LogP contribution in [0.3, 0.4) is 0 Å². The van der Waals surface area contributed by atoms with Gasteiger partial charge in [-0.25, -0.2) is 0 Å². The Morgan fingerprint density at radius 2 is 2.00 bits per heavy atom. The van der Waals surface area contributed by atoms with Gasteiger partial charge in [0.15, 0.2) is 0 Å². The van der Waals surface area contributed by atoms with Crippen LogP contribution in [0.15, 0.2) is 40.9 Å². The highest BCUT2D eigenvalue weighted by atomic mass is 79.9. The molecule has 0 fully saturated rings. The number of benzene rings is 2. The van der Waals surface area contributed by atoms with Gasteiger partial charge in [-0.1, -0.05) is 11.6 Å². The van der Waals surface area contributed by atoms with Gasteiger partial charge in [-0.3, -0.25) is 0 Å². The van der Waals surface area contributed by atoms with Crippen molar-refractivity contribution in [3.8, 4) is 11.5 Å². The molecule has 0 unspecified atom stereocenters. The van der Waals surface area contributed by atoms with Crippen molar-refractivity contribution < 1.29 is 9.47 Å². The standard InChI is InChI=1S/C14H13BrClNO2/c1-18-11-3-5-14(12(15)7-11)19-8-9-6-10(16)2-4-13(9)17/h2-7H,8,17H2,1H3. The fourth-order valence-electron chi connectivity index (χ4n) is 1.58. The van der Waals surface area contributed by atoms with Crippen LogP contribution in [0.5, 0.6) is 11.5 Å². The van der Waals surface area contributed by atoms with Gasteiger partial charge in [0, 0.05) is 16.3 Å². The number of hydrogen-bond donors (Lipinski definition) is 1. The summed E-state index contributed by atoms with van der Waals surface area (Å²) < 4.78 is 11.7. The van der Waals surface area contributed by atoms with Crippen LogP contribution in [-0.4, -0.2) is 7.11 Å². The second-order valence-corrected chi connectivity index (χ2v) is 5.22. The molecule has 2 N–H and O–H groups in total. The third-order valence-electron chi connectivity index (χ3n) is 2.63. The van der Waals surface area contributed by atoms with Crippen molar-refractivity contribution in [1.82, 2.24) is 0 Å². The molecule has 0 saturated heterocycles. The number of methoxy groups -OCH3 is 1. The molecule has 2 aromatic carbocycles. The van der Waals surface area contributed by atoms with Gasteiger partial charge in [0.2, 0.25) is 0 Å². The molecule has 0 amide bonds. The van der Waals surface area contributed by atoms with E-state index >= 15 is 0 Å². The molecule has 0 radical (unpaired) electrons. The normalized spacial score (nSPS) is 10.3. The van der Waals surface area contributed by atoms with E-state index in [0.29, 0.717) is 17.3 Å². The van der Waals surface area contributed by atoms with Crippen LogP contribution in [0.1, 0.15) is 5.56 Å². The van der Waals surface area contributed by atoms with E-state index in [1.54, 1.807) is 25.3 Å². The monoisotopic (exact) mass is 341 g/mol. The third-order valence-corrected chi connectivity index (χ3v) is 3.48. The molecule has 100 valence electrons. The number of hydrogen-bond acceptors (Lipinski definition) is 3. The average molecular weight is 343 g/mol. The van der Waals surface area contributed by atoms with Gasteiger partial charge >= 0.3 is 0 Å². The van der Waals surface area contributed by atoms with Crippen molar-refractivity contribution >= 4 is 33.2 Å². The molecule has 0 saturated carbocycles. The molecule has 0 aromatic heterocycles. The molecule has 0 aliphatic heterocycles. The SMILES string of the molecule is COc1ccc(OCc2cc(Cl)ccc2N)c(Br)c1. The lowest BCUT2D eigenvalue weighted by Gasteiger charge is -2.11. The molecule has 2 rings (SSSR count). The summed E-state index contributed by atoms with van der Waals surface area (Å²) in [5, 5.41) is 0.640. The molecule has 5 heteroatoms. The second-order valence-electron chi connectivity index (χ2n) is 3.93. The van der Waals surface area contributed by atoms with Crippen LogP contribution in [0.25, 0.3) is 0 Å². The number of nitrogen functional groups attached to an aromatic ring is 1. The fourth-order valence-corrected chi connectivity index (χ4v) is 2.25. The van der Waals surface area contributed by atoms with Crippen LogP contribution >= 0.6 is 27.5 Å². The van der Waals surface area contributed by atoms with Gasteiger partial charge in [-0.05, 0) is 52.3 Å². The van der Waals surface area contributed by atoms with Gasteiger partial charge in [-0.2, -0.15) is 0 Å². The summed E-state index contributed by atoms with van der Waals surface area (Å²) in [4.78, 5) is 0. The molecular formula is C14H13BrClNO2. The topological polar surface area (TPSA) is 44.5 Å². The van der Waals surface area contributed by atoms with Gasteiger partial charge in [0.1, 0.15) is 18.1 Å². The maximum atomic E-state index is 5.93. The van der Waals surface area contributed by atoms with Crippen molar-refractivity contribution in [1.29, 1.82) is 0 Å². The van der Waals surface area contributed by atoms with Gasteiger partial charge in [0.05, 0.1) is 11.6 Å². The third kappa shape index (κ3) is 3.55. The van der Waals surface area contributed by atoms with Crippen LogP contribution < -0.4 is 15.2 Å². The van der Waals surface area contributed by atoms with Crippen LogP contribution in [0.4, 0.5) is 5.69 Å². The summed E-state index contributed by atoms with van der Waals surface area (Å²) >= 11 is 9.36. The predicted molar refractivity (Wildman–Crippen MR) is 80.9 cm³/mol. The maximum absolute atomic E-state index is 5.93. The molecule has 0 heterocycles. The van der Waals surface area contributed by atoms with Gasteiger partial charge < -0.3 is 15.2 Å². The Morgan fingerprint density at radius 3 is 2.68 bits per heavy atom. The maximum Gasteiger partial charge on any atom is 0.134 e. The first-order valence-electron chi connectivity index (χ1n) is 5.60. The van der Waals surface area contributed by atoms with E-state index in [9.17, 15) is 0 Å². The van der Waals surface area contributed by atoms with Crippen LogP contribution in [0.2, 0.25) is 5.02 Å². The molecule has 0 aliphatic carbocycles. The quantitative estimate of drug-likeness (QED) is 0.844. The zero-order valence-corrected chi connectivity index (χ0v) is 12.7.